The molecule has 3 amide bonds. The molecule has 2 aliphatic carbocycles. The van der Waals surface area contributed by atoms with E-state index in [1.165, 1.54) is 47.9 Å². The number of aromatic hydroxyl groups is 1. The third-order valence-corrected chi connectivity index (χ3v) is 14.9. The van der Waals surface area contributed by atoms with Crippen LogP contribution in [0, 0.1) is 11.3 Å². The first kappa shape index (κ1) is 36.6. The molecule has 6 heterocycles. The number of hydrogen-bond acceptors (Lipinski definition) is 9. The number of fused-ring (bicyclic) bond motifs is 5. The molecule has 3 saturated heterocycles. The van der Waals surface area contributed by atoms with E-state index in [1.54, 1.807) is 4.90 Å². The highest BCUT2D eigenvalue weighted by Gasteiger charge is 2.47. The molecule has 4 atom stereocenters. The van der Waals surface area contributed by atoms with Crippen molar-refractivity contribution in [2.24, 2.45) is 11.3 Å². The van der Waals surface area contributed by atoms with Crippen molar-refractivity contribution in [3.63, 3.8) is 0 Å². The third kappa shape index (κ3) is 6.53. The van der Waals surface area contributed by atoms with Crippen LogP contribution in [0.1, 0.15) is 95.0 Å². The Labute approximate surface area is 345 Å². The Morgan fingerprint density at radius 2 is 1.69 bits per heavy atom. The minimum atomic E-state index is -0.618. The molecule has 304 valence electrons. The van der Waals surface area contributed by atoms with Gasteiger partial charge in [-0.3, -0.25) is 24.6 Å². The van der Waals surface area contributed by atoms with E-state index in [-0.39, 0.29) is 36.1 Å². The van der Waals surface area contributed by atoms with Crippen molar-refractivity contribution >= 4 is 29.2 Å². The van der Waals surface area contributed by atoms with Crippen LogP contribution in [0.3, 0.4) is 0 Å². The minimum Gasteiger partial charge on any atom is -0.508 e. The smallest absolute Gasteiger partial charge is 0.255 e. The number of benzene rings is 3. The predicted molar refractivity (Wildman–Crippen MR) is 224 cm³/mol. The number of pyridine rings is 1. The summed E-state index contributed by atoms with van der Waals surface area (Å²) in [6, 6.07) is 24.9. The summed E-state index contributed by atoms with van der Waals surface area (Å²) in [6.07, 6.45) is 9.82. The molecule has 0 bridgehead atoms. The Morgan fingerprint density at radius 1 is 0.847 bits per heavy atom. The summed E-state index contributed by atoms with van der Waals surface area (Å²) in [4.78, 5) is 52.0. The average molecular weight is 793 g/mol. The Kier molecular flexibility index (Phi) is 8.94. The molecule has 1 unspecified atom stereocenters. The normalized spacial score (nSPS) is 26.4. The number of carbonyl (C=O) groups is 3. The highest BCUT2D eigenvalue weighted by Crippen LogP contribution is 2.49. The van der Waals surface area contributed by atoms with Gasteiger partial charge in [0.25, 0.3) is 5.91 Å². The number of aromatic nitrogens is 1. The molecule has 11 rings (SSSR count). The Balaban J connectivity index is 0.687. The molecule has 1 saturated carbocycles. The molecular weight excluding hydrogens is 741 g/mol. The second kappa shape index (κ2) is 14.4. The van der Waals surface area contributed by atoms with Crippen LogP contribution in [0.5, 0.6) is 11.5 Å². The number of anilines is 2. The maximum atomic E-state index is 13.4. The second-order valence-electron chi connectivity index (χ2n) is 18.5. The summed E-state index contributed by atoms with van der Waals surface area (Å²) in [5.41, 5.74) is 8.13. The quantitative estimate of drug-likeness (QED) is 0.227. The predicted octanol–water partition coefficient (Wildman–Crippen LogP) is 5.99. The Morgan fingerprint density at radius 3 is 2.49 bits per heavy atom. The van der Waals surface area contributed by atoms with Crippen molar-refractivity contribution in [3.05, 3.63) is 112 Å². The van der Waals surface area contributed by atoms with E-state index in [1.807, 2.05) is 18.2 Å². The van der Waals surface area contributed by atoms with Gasteiger partial charge in [-0.05, 0) is 115 Å². The molecule has 3 aromatic carbocycles. The standard InChI is InChI=1S/C48H52N6O5/c55-36-8-10-38-32(20-36)6-9-37(31-4-2-1-3-5-31)45(38)33-7-12-43(49-23-33)52-28-48(29-52)16-14-30(15-17-48)24-51-18-19-53-35(26-51)27-59-42-22-39-34(21-41(42)53)25-54(47(39)58)40-11-13-44(56)50-46(40)57/h1-5,7-8,10,12,20-23,30,35,37,40,45,55H,6,9,11,13-19,24-29H2,(H,50,56,57)/t35-,37+,40?,45-/m0/s1. The van der Waals surface area contributed by atoms with E-state index in [0.717, 1.165) is 74.9 Å². The van der Waals surface area contributed by atoms with Gasteiger partial charge in [0.05, 0.1) is 11.7 Å². The monoisotopic (exact) mass is 792 g/mol. The van der Waals surface area contributed by atoms with E-state index in [2.05, 4.69) is 80.8 Å². The van der Waals surface area contributed by atoms with Crippen LogP contribution in [-0.2, 0) is 22.6 Å². The summed E-state index contributed by atoms with van der Waals surface area (Å²) < 4.78 is 6.31. The van der Waals surface area contributed by atoms with Crippen LogP contribution in [0.2, 0.25) is 0 Å². The van der Waals surface area contributed by atoms with Gasteiger partial charge in [0.1, 0.15) is 30.0 Å². The van der Waals surface area contributed by atoms with E-state index < -0.39 is 6.04 Å². The fraction of sp³-hybridized carbons (Fsp3) is 0.458. The first-order valence-corrected chi connectivity index (χ1v) is 21.8. The summed E-state index contributed by atoms with van der Waals surface area (Å²) in [5, 5.41) is 12.6. The van der Waals surface area contributed by atoms with Crippen LogP contribution < -0.4 is 19.9 Å². The number of piperazine rings is 1. The second-order valence-corrected chi connectivity index (χ2v) is 18.5. The van der Waals surface area contributed by atoms with E-state index >= 15 is 0 Å². The number of phenolic OH excluding ortho intramolecular Hbond substituents is 1. The zero-order valence-corrected chi connectivity index (χ0v) is 33.5. The number of piperidine rings is 1. The van der Waals surface area contributed by atoms with Gasteiger partial charge < -0.3 is 24.5 Å². The molecule has 0 radical (unpaired) electrons. The van der Waals surface area contributed by atoms with Gasteiger partial charge in [0.2, 0.25) is 11.8 Å². The first-order valence-electron chi connectivity index (χ1n) is 21.8. The van der Waals surface area contributed by atoms with Gasteiger partial charge >= 0.3 is 0 Å². The summed E-state index contributed by atoms with van der Waals surface area (Å²) in [5.74, 6) is 2.63. The molecule has 1 aromatic heterocycles. The highest BCUT2D eigenvalue weighted by atomic mass is 16.5. The number of nitrogens with zero attached hydrogens (tertiary/aromatic N) is 5. The number of rotatable bonds is 6. The number of carbonyl (C=O) groups excluding carboxylic acids is 3. The van der Waals surface area contributed by atoms with Crippen molar-refractivity contribution in [2.75, 3.05) is 55.7 Å². The van der Waals surface area contributed by atoms with Gasteiger partial charge in [0, 0.05) is 75.3 Å². The van der Waals surface area contributed by atoms with Crippen LogP contribution in [0.15, 0.2) is 79.0 Å². The molecule has 1 spiro atoms. The largest absolute Gasteiger partial charge is 0.508 e. The lowest BCUT2D eigenvalue weighted by atomic mass is 9.65. The fourth-order valence-corrected chi connectivity index (χ4v) is 11.8. The van der Waals surface area contributed by atoms with Crippen molar-refractivity contribution in [1.82, 2.24) is 20.1 Å². The zero-order chi connectivity index (χ0) is 39.8. The van der Waals surface area contributed by atoms with Gasteiger partial charge in [-0.2, -0.15) is 0 Å². The van der Waals surface area contributed by atoms with Crippen molar-refractivity contribution in [3.8, 4) is 11.5 Å². The van der Waals surface area contributed by atoms with Crippen molar-refractivity contribution in [1.29, 1.82) is 0 Å². The lowest BCUT2D eigenvalue weighted by Crippen LogP contribution is -2.59. The van der Waals surface area contributed by atoms with Gasteiger partial charge in [0.15, 0.2) is 0 Å². The maximum absolute atomic E-state index is 13.4. The van der Waals surface area contributed by atoms with E-state index in [0.29, 0.717) is 48.1 Å². The molecule has 59 heavy (non-hydrogen) atoms. The molecule has 11 heteroatoms. The van der Waals surface area contributed by atoms with Crippen LogP contribution in [-0.4, -0.2) is 95.6 Å². The topological polar surface area (TPSA) is 119 Å². The lowest BCUT2D eigenvalue weighted by molar-refractivity contribution is -0.136. The number of phenols is 1. The molecule has 2 N–H and O–H groups in total. The minimum absolute atomic E-state index is 0.162. The number of amides is 3. The summed E-state index contributed by atoms with van der Waals surface area (Å²) in [7, 11) is 0. The average Bonchev–Trinajstić information content (AvgIpc) is 3.56. The zero-order valence-electron chi connectivity index (χ0n) is 33.5. The van der Waals surface area contributed by atoms with Crippen LogP contribution in [0.25, 0.3) is 0 Å². The summed E-state index contributed by atoms with van der Waals surface area (Å²) >= 11 is 0. The Hall–Kier alpha value is -5.42. The molecule has 4 fully saturated rings. The number of nitrogens with one attached hydrogen (secondary N) is 1. The number of hydrogen-bond donors (Lipinski definition) is 2. The lowest BCUT2D eigenvalue weighted by Gasteiger charge is -2.54. The molecule has 5 aliphatic heterocycles. The summed E-state index contributed by atoms with van der Waals surface area (Å²) in [6.45, 7) is 7.17. The van der Waals surface area contributed by atoms with E-state index in [4.69, 9.17) is 9.72 Å². The third-order valence-electron chi connectivity index (χ3n) is 14.9. The number of imide groups is 1. The van der Waals surface area contributed by atoms with E-state index in [9.17, 15) is 19.5 Å². The first-order chi connectivity index (χ1) is 28.8. The molecule has 4 aromatic rings. The van der Waals surface area contributed by atoms with Crippen molar-refractivity contribution in [2.45, 2.75) is 81.8 Å². The SMILES string of the molecule is O=C1CCC(N2Cc3cc4c(cc3C2=O)OC[C@@H]2CN(CC3CCC5(CC3)CN(c3ccc([C@@H]6c7ccc(O)cc7CC[C@@H]6c6ccccc6)cn3)C5)CCN42)C(=O)N1. The fourth-order valence-electron chi connectivity index (χ4n) is 11.8. The van der Waals surface area contributed by atoms with Gasteiger partial charge in [-0.1, -0.05) is 42.5 Å². The van der Waals surface area contributed by atoms with Gasteiger partial charge in [-0.25, -0.2) is 4.98 Å². The molecular formula is C48H52N6O5. The van der Waals surface area contributed by atoms with Gasteiger partial charge in [-0.15, -0.1) is 0 Å². The maximum Gasteiger partial charge on any atom is 0.255 e. The molecule has 7 aliphatic rings. The van der Waals surface area contributed by atoms with Crippen LogP contribution >= 0.6 is 0 Å². The highest BCUT2D eigenvalue weighted by molar-refractivity contribution is 6.06. The number of ether oxygens (including phenoxy) is 1. The number of aryl methyl sites for hydroxylation is 1. The molecule has 11 nitrogen and oxygen atoms in total. The van der Waals surface area contributed by atoms with Crippen molar-refractivity contribution < 1.29 is 24.2 Å². The Bertz CT molecular complexity index is 2300. The van der Waals surface area contributed by atoms with Crippen LogP contribution in [0.4, 0.5) is 11.5 Å².